The number of nitrogens with two attached hydrogens (primary N) is 1. The highest BCUT2D eigenvalue weighted by Crippen LogP contribution is 2.41. The first-order valence-electron chi connectivity index (χ1n) is 11.6. The molecule has 2 heterocycles. The first-order chi connectivity index (χ1) is 17.4. The van der Waals surface area contributed by atoms with E-state index in [0.29, 0.717) is 34.7 Å². The number of ether oxygens (including phenoxy) is 2. The molecule has 36 heavy (non-hydrogen) atoms. The topological polar surface area (TPSA) is 99.4 Å². The van der Waals surface area contributed by atoms with Gasteiger partial charge in [-0.25, -0.2) is 8.78 Å². The number of hydrogen-bond acceptors (Lipinski definition) is 6. The van der Waals surface area contributed by atoms with Gasteiger partial charge in [0.1, 0.15) is 18.1 Å². The van der Waals surface area contributed by atoms with E-state index in [1.165, 1.54) is 18.5 Å². The molecule has 3 N–H and O–H groups in total. The van der Waals surface area contributed by atoms with Crippen LogP contribution in [0.25, 0.3) is 10.9 Å². The van der Waals surface area contributed by atoms with E-state index in [4.69, 9.17) is 15.2 Å². The molecule has 0 aliphatic heterocycles. The summed E-state index contributed by atoms with van der Waals surface area (Å²) < 4.78 is 41.1. The van der Waals surface area contributed by atoms with Gasteiger partial charge in [-0.1, -0.05) is 0 Å². The zero-order valence-electron chi connectivity index (χ0n) is 19.5. The minimum Gasteiger partial charge on any atom is -0.492 e. The highest BCUT2D eigenvalue weighted by atomic mass is 19.1. The van der Waals surface area contributed by atoms with Crippen molar-refractivity contribution in [1.82, 2.24) is 9.97 Å². The Kier molecular flexibility index (Phi) is 6.47. The van der Waals surface area contributed by atoms with E-state index in [1.54, 1.807) is 30.5 Å². The van der Waals surface area contributed by atoms with Crippen LogP contribution in [-0.4, -0.2) is 28.5 Å². The van der Waals surface area contributed by atoms with Gasteiger partial charge in [-0.2, -0.15) is 0 Å². The number of anilines is 1. The second kappa shape index (κ2) is 9.87. The van der Waals surface area contributed by atoms with Crippen LogP contribution in [0.3, 0.4) is 0 Å². The number of nitrogens with one attached hydrogen (secondary N) is 1. The summed E-state index contributed by atoms with van der Waals surface area (Å²) in [5, 5.41) is 3.11. The molecule has 1 saturated carbocycles. The molecular formula is C27H24F2N4O3. The number of rotatable bonds is 8. The SMILES string of the molecule is C[C@@H](N)COc1ccc2c(Oc3c(F)cc(NC(=O)c4cnccc4C4CC4)cc3F)ccnc2c1. The molecule has 1 amide bonds. The lowest BCUT2D eigenvalue weighted by Crippen LogP contribution is -2.23. The zero-order chi connectivity index (χ0) is 25.2. The van der Waals surface area contributed by atoms with Crippen molar-refractivity contribution in [2.45, 2.75) is 31.7 Å². The Morgan fingerprint density at radius 3 is 2.64 bits per heavy atom. The van der Waals surface area contributed by atoms with Crippen molar-refractivity contribution in [2.75, 3.05) is 11.9 Å². The van der Waals surface area contributed by atoms with E-state index < -0.39 is 23.3 Å². The fraction of sp³-hybridized carbons (Fsp3) is 0.222. The van der Waals surface area contributed by atoms with Gasteiger partial charge in [-0.3, -0.25) is 14.8 Å². The van der Waals surface area contributed by atoms with Crippen molar-refractivity contribution in [3.8, 4) is 17.2 Å². The second-order valence-electron chi connectivity index (χ2n) is 8.84. The summed E-state index contributed by atoms with van der Waals surface area (Å²) in [7, 11) is 0. The van der Waals surface area contributed by atoms with E-state index in [0.717, 1.165) is 30.5 Å². The maximum atomic E-state index is 14.9. The summed E-state index contributed by atoms with van der Waals surface area (Å²) in [6.45, 7) is 2.17. The number of aromatic nitrogens is 2. The Labute approximate surface area is 206 Å². The standard InChI is InChI=1S/C27H24F2N4O3/c1-15(30)14-35-18-4-5-20-24(12-18)32-9-7-25(20)36-26-22(28)10-17(11-23(26)29)33-27(34)21-13-31-8-6-19(21)16-2-3-16/h4-13,15-16H,2-3,14,30H2,1H3,(H,33,34)/t15-/m1/s1. The molecule has 0 spiro atoms. The quantitative estimate of drug-likeness (QED) is 0.336. The lowest BCUT2D eigenvalue weighted by molar-refractivity contribution is 0.102. The van der Waals surface area contributed by atoms with E-state index in [9.17, 15) is 13.6 Å². The number of halogens is 2. The highest BCUT2D eigenvalue weighted by molar-refractivity contribution is 6.05. The molecule has 9 heteroatoms. The molecular weight excluding hydrogens is 466 g/mol. The van der Waals surface area contributed by atoms with Crippen molar-refractivity contribution < 1.29 is 23.0 Å². The molecule has 1 atom stereocenters. The number of nitrogens with zero attached hydrogens (tertiary/aromatic N) is 2. The van der Waals surface area contributed by atoms with Crippen LogP contribution in [0.5, 0.6) is 17.2 Å². The molecule has 4 aromatic rings. The van der Waals surface area contributed by atoms with Crippen LogP contribution in [0.4, 0.5) is 14.5 Å². The third-order valence-corrected chi connectivity index (χ3v) is 5.77. The molecule has 0 unspecified atom stereocenters. The Bertz CT molecular complexity index is 1420. The van der Waals surface area contributed by atoms with Crippen LogP contribution >= 0.6 is 0 Å². The zero-order valence-corrected chi connectivity index (χ0v) is 19.5. The Morgan fingerprint density at radius 2 is 1.92 bits per heavy atom. The number of pyridine rings is 2. The Hall–Kier alpha value is -4.11. The van der Waals surface area contributed by atoms with E-state index >= 15 is 0 Å². The number of benzene rings is 2. The van der Waals surface area contributed by atoms with E-state index in [-0.39, 0.29) is 17.5 Å². The minimum atomic E-state index is -0.958. The third kappa shape index (κ3) is 5.11. The van der Waals surface area contributed by atoms with Gasteiger partial charge in [0.25, 0.3) is 5.91 Å². The van der Waals surface area contributed by atoms with Crippen molar-refractivity contribution in [3.63, 3.8) is 0 Å². The fourth-order valence-electron chi connectivity index (χ4n) is 3.89. The normalized spacial score (nSPS) is 13.9. The molecule has 0 saturated heterocycles. The predicted octanol–water partition coefficient (Wildman–Crippen LogP) is 5.56. The molecule has 1 aliphatic carbocycles. The number of hydrogen-bond donors (Lipinski definition) is 2. The first-order valence-corrected chi connectivity index (χ1v) is 11.6. The van der Waals surface area contributed by atoms with Crippen LogP contribution in [0.1, 0.15) is 41.6 Å². The maximum absolute atomic E-state index is 14.9. The van der Waals surface area contributed by atoms with Crippen molar-refractivity contribution in [1.29, 1.82) is 0 Å². The molecule has 2 aromatic heterocycles. The third-order valence-electron chi connectivity index (χ3n) is 5.77. The summed E-state index contributed by atoms with van der Waals surface area (Å²) in [6.07, 6.45) is 6.58. The van der Waals surface area contributed by atoms with Gasteiger partial charge >= 0.3 is 0 Å². The second-order valence-corrected chi connectivity index (χ2v) is 8.84. The number of carbonyl (C=O) groups excluding carboxylic acids is 1. The van der Waals surface area contributed by atoms with Crippen molar-refractivity contribution in [3.05, 3.63) is 83.8 Å². The van der Waals surface area contributed by atoms with Crippen LogP contribution in [0, 0.1) is 11.6 Å². The lowest BCUT2D eigenvalue weighted by atomic mass is 10.1. The number of fused-ring (bicyclic) bond motifs is 1. The van der Waals surface area contributed by atoms with Crippen molar-refractivity contribution >= 4 is 22.5 Å². The largest absolute Gasteiger partial charge is 0.492 e. The molecule has 184 valence electrons. The molecule has 5 rings (SSSR count). The molecule has 2 aromatic carbocycles. The summed E-state index contributed by atoms with van der Waals surface area (Å²) in [4.78, 5) is 21.1. The van der Waals surface area contributed by atoms with Crippen LogP contribution < -0.4 is 20.5 Å². The molecule has 0 radical (unpaired) electrons. The smallest absolute Gasteiger partial charge is 0.257 e. The lowest BCUT2D eigenvalue weighted by Gasteiger charge is -2.14. The average Bonchev–Trinajstić information content (AvgIpc) is 3.70. The molecule has 7 nitrogen and oxygen atoms in total. The molecule has 1 aliphatic rings. The van der Waals surface area contributed by atoms with Crippen molar-refractivity contribution in [2.24, 2.45) is 5.73 Å². The molecule has 1 fully saturated rings. The average molecular weight is 491 g/mol. The monoisotopic (exact) mass is 490 g/mol. The van der Waals surface area contributed by atoms with Gasteiger partial charge < -0.3 is 20.5 Å². The highest BCUT2D eigenvalue weighted by Gasteiger charge is 2.28. The van der Waals surface area contributed by atoms with Gasteiger partial charge in [0.05, 0.1) is 11.1 Å². The van der Waals surface area contributed by atoms with Gasteiger partial charge in [0.2, 0.25) is 0 Å². The predicted molar refractivity (Wildman–Crippen MR) is 131 cm³/mol. The van der Waals surface area contributed by atoms with E-state index in [1.807, 2.05) is 6.92 Å². The van der Waals surface area contributed by atoms with Gasteiger partial charge in [0, 0.05) is 53.9 Å². The number of carbonyl (C=O) groups is 1. The maximum Gasteiger partial charge on any atom is 0.257 e. The van der Waals surface area contributed by atoms with Crippen LogP contribution in [0.2, 0.25) is 0 Å². The summed E-state index contributed by atoms with van der Waals surface area (Å²) in [6, 6.07) is 10.3. The first kappa shape index (κ1) is 23.6. The van der Waals surface area contributed by atoms with Gasteiger partial charge in [0.15, 0.2) is 17.4 Å². The van der Waals surface area contributed by atoms with E-state index in [2.05, 4.69) is 15.3 Å². The van der Waals surface area contributed by atoms with Crippen LogP contribution in [0.15, 0.2) is 61.1 Å². The fourth-order valence-corrected chi connectivity index (χ4v) is 3.89. The summed E-state index contributed by atoms with van der Waals surface area (Å²) >= 11 is 0. The minimum absolute atomic E-state index is 0.0246. The molecule has 0 bridgehead atoms. The summed E-state index contributed by atoms with van der Waals surface area (Å²) in [5.74, 6) is -1.86. The van der Waals surface area contributed by atoms with Gasteiger partial charge in [-0.15, -0.1) is 0 Å². The number of amides is 1. The Balaban J connectivity index is 1.36. The Morgan fingerprint density at radius 1 is 1.14 bits per heavy atom. The summed E-state index contributed by atoms with van der Waals surface area (Å²) in [5.41, 5.74) is 7.51. The van der Waals surface area contributed by atoms with Crippen LogP contribution in [-0.2, 0) is 0 Å². The van der Waals surface area contributed by atoms with Gasteiger partial charge in [-0.05, 0) is 55.5 Å².